The molecule has 0 saturated carbocycles. The van der Waals surface area contributed by atoms with E-state index in [2.05, 4.69) is 16.7 Å². The third-order valence-electron chi connectivity index (χ3n) is 3.57. The minimum Gasteiger partial charge on any atom is -0.493 e. The molecule has 0 radical (unpaired) electrons. The molecule has 0 aromatic heterocycles. The molecule has 1 saturated heterocycles. The molecule has 2 atom stereocenters. The summed E-state index contributed by atoms with van der Waals surface area (Å²) in [5.74, 6) is 0.395. The molecule has 6 nitrogen and oxygen atoms in total. The Morgan fingerprint density at radius 2 is 2.14 bits per heavy atom. The number of carbonyl (C=O) groups excluding carboxylic acids is 1. The van der Waals surface area contributed by atoms with Crippen LogP contribution in [0.4, 0.5) is 0 Å². The first-order chi connectivity index (χ1) is 10.0. The van der Waals surface area contributed by atoms with Crippen LogP contribution in [0.2, 0.25) is 0 Å². The van der Waals surface area contributed by atoms with Crippen LogP contribution in [0, 0.1) is 0 Å². The van der Waals surface area contributed by atoms with Crippen molar-refractivity contribution in [1.82, 2.24) is 4.90 Å². The quantitative estimate of drug-likeness (QED) is 0.817. The molecule has 0 aliphatic carbocycles. The van der Waals surface area contributed by atoms with Gasteiger partial charge in [0, 0.05) is 13.1 Å². The number of aliphatic hydroxyl groups is 1. The van der Waals surface area contributed by atoms with Gasteiger partial charge in [0.25, 0.3) is 0 Å². The number of methoxy groups -OCH3 is 2. The van der Waals surface area contributed by atoms with Gasteiger partial charge in [-0.2, -0.15) is 0 Å². The van der Waals surface area contributed by atoms with Crippen molar-refractivity contribution in [3.05, 3.63) is 23.8 Å². The average Bonchev–Trinajstić information content (AvgIpc) is 2.91. The summed E-state index contributed by atoms with van der Waals surface area (Å²) in [7, 11) is 4.81. The van der Waals surface area contributed by atoms with Crippen molar-refractivity contribution in [2.24, 2.45) is 0 Å². The van der Waals surface area contributed by atoms with E-state index in [1.54, 1.807) is 18.2 Å². The molecule has 21 heavy (non-hydrogen) atoms. The minimum atomic E-state index is -1.32. The summed E-state index contributed by atoms with van der Waals surface area (Å²) in [6.07, 6.45) is -0.234. The zero-order valence-electron chi connectivity index (χ0n) is 12.5. The number of likely N-dealkylation sites (tertiary alicyclic amines) is 1. The normalized spacial score (nSPS) is 20.1. The molecular weight excluding hydrogens is 274 g/mol. The lowest BCUT2D eigenvalue weighted by atomic mass is 10.1. The maximum atomic E-state index is 11.4. The molecule has 1 heterocycles. The summed E-state index contributed by atoms with van der Waals surface area (Å²) in [6, 6.07) is 4.94. The zero-order chi connectivity index (χ0) is 15.4. The first-order valence-corrected chi connectivity index (χ1v) is 6.84. The SMILES string of the molecule is COC(=O)C(O)c1ccc(OC2CCN(C)C2)c(OC)c1. The molecule has 1 aromatic carbocycles. The standard InChI is InChI=1S/C15H21NO5/c1-16-7-6-11(9-16)21-12-5-4-10(8-13(12)19-2)14(17)15(18)20-3/h4-5,8,11,14,17H,6-7,9H2,1-3H3. The Bertz CT molecular complexity index is 505. The van der Waals surface area contributed by atoms with Crippen molar-refractivity contribution in [1.29, 1.82) is 0 Å². The van der Waals surface area contributed by atoms with Gasteiger partial charge in [0.15, 0.2) is 17.6 Å². The van der Waals surface area contributed by atoms with Crippen molar-refractivity contribution in [3.8, 4) is 11.5 Å². The van der Waals surface area contributed by atoms with Crippen LogP contribution in [0.3, 0.4) is 0 Å². The summed E-state index contributed by atoms with van der Waals surface area (Å²) < 4.78 is 15.7. The fraction of sp³-hybridized carbons (Fsp3) is 0.533. The molecule has 0 spiro atoms. The van der Waals surface area contributed by atoms with Crippen molar-refractivity contribution < 1.29 is 24.1 Å². The van der Waals surface area contributed by atoms with E-state index in [0.29, 0.717) is 17.1 Å². The van der Waals surface area contributed by atoms with Gasteiger partial charge in [-0.1, -0.05) is 6.07 Å². The fourth-order valence-electron chi connectivity index (χ4n) is 2.37. The van der Waals surface area contributed by atoms with Crippen LogP contribution in [-0.4, -0.2) is 56.4 Å². The zero-order valence-corrected chi connectivity index (χ0v) is 12.5. The second-order valence-corrected chi connectivity index (χ2v) is 5.13. The first-order valence-electron chi connectivity index (χ1n) is 6.84. The molecule has 1 aromatic rings. The van der Waals surface area contributed by atoms with Crippen LogP contribution in [0.15, 0.2) is 18.2 Å². The average molecular weight is 295 g/mol. The molecule has 2 rings (SSSR count). The van der Waals surface area contributed by atoms with Crippen LogP contribution in [-0.2, 0) is 9.53 Å². The summed E-state index contributed by atoms with van der Waals surface area (Å²) in [4.78, 5) is 13.6. The lowest BCUT2D eigenvalue weighted by Crippen LogP contribution is -2.21. The maximum Gasteiger partial charge on any atom is 0.339 e. The van der Waals surface area contributed by atoms with E-state index in [1.165, 1.54) is 14.2 Å². The van der Waals surface area contributed by atoms with E-state index in [4.69, 9.17) is 9.47 Å². The third-order valence-corrected chi connectivity index (χ3v) is 3.57. The highest BCUT2D eigenvalue weighted by molar-refractivity contribution is 5.76. The molecular formula is C15H21NO5. The van der Waals surface area contributed by atoms with Gasteiger partial charge >= 0.3 is 5.97 Å². The highest BCUT2D eigenvalue weighted by atomic mass is 16.5. The molecule has 116 valence electrons. The second kappa shape index (κ2) is 6.78. The summed E-state index contributed by atoms with van der Waals surface area (Å²) >= 11 is 0. The number of aliphatic hydroxyl groups excluding tert-OH is 1. The summed E-state index contributed by atoms with van der Waals surface area (Å²) in [6.45, 7) is 1.88. The van der Waals surface area contributed by atoms with Crippen LogP contribution in [0.25, 0.3) is 0 Å². The van der Waals surface area contributed by atoms with E-state index in [0.717, 1.165) is 19.5 Å². The number of ether oxygens (including phenoxy) is 3. The summed E-state index contributed by atoms with van der Waals surface area (Å²) in [5, 5.41) is 9.84. The van der Waals surface area contributed by atoms with Gasteiger partial charge in [-0.3, -0.25) is 0 Å². The van der Waals surface area contributed by atoms with E-state index in [-0.39, 0.29) is 6.10 Å². The molecule has 0 bridgehead atoms. The topological polar surface area (TPSA) is 68.2 Å². The Kier molecular flexibility index (Phi) is 5.03. The van der Waals surface area contributed by atoms with E-state index >= 15 is 0 Å². The van der Waals surface area contributed by atoms with Gasteiger partial charge < -0.3 is 24.2 Å². The van der Waals surface area contributed by atoms with E-state index in [9.17, 15) is 9.90 Å². The molecule has 1 aliphatic heterocycles. The number of esters is 1. The number of carbonyl (C=O) groups is 1. The molecule has 2 unspecified atom stereocenters. The van der Waals surface area contributed by atoms with Gasteiger partial charge in [0.05, 0.1) is 14.2 Å². The molecule has 1 N–H and O–H groups in total. The molecule has 1 aliphatic rings. The Morgan fingerprint density at radius 3 is 2.71 bits per heavy atom. The lowest BCUT2D eigenvalue weighted by Gasteiger charge is -2.17. The van der Waals surface area contributed by atoms with Crippen LogP contribution in [0.1, 0.15) is 18.1 Å². The third kappa shape index (κ3) is 3.65. The number of likely N-dealkylation sites (N-methyl/N-ethyl adjacent to an activating group) is 1. The maximum absolute atomic E-state index is 11.4. The van der Waals surface area contributed by atoms with Crippen molar-refractivity contribution in [2.75, 3.05) is 34.4 Å². The Labute approximate surface area is 124 Å². The molecule has 0 amide bonds. The number of rotatable bonds is 5. The predicted octanol–water partition coefficient (Wildman–Crippen LogP) is 0.984. The highest BCUT2D eigenvalue weighted by Crippen LogP contribution is 2.32. The predicted molar refractivity (Wildman–Crippen MR) is 76.5 cm³/mol. The largest absolute Gasteiger partial charge is 0.493 e. The van der Waals surface area contributed by atoms with Gasteiger partial charge in [-0.05, 0) is 31.2 Å². The van der Waals surface area contributed by atoms with Gasteiger partial charge in [0.1, 0.15) is 6.10 Å². The highest BCUT2D eigenvalue weighted by Gasteiger charge is 2.24. The van der Waals surface area contributed by atoms with Crippen molar-refractivity contribution in [2.45, 2.75) is 18.6 Å². The smallest absolute Gasteiger partial charge is 0.339 e. The van der Waals surface area contributed by atoms with Gasteiger partial charge in [-0.15, -0.1) is 0 Å². The van der Waals surface area contributed by atoms with Crippen LogP contribution in [0.5, 0.6) is 11.5 Å². The molecule has 1 fully saturated rings. The number of hydrogen-bond donors (Lipinski definition) is 1. The lowest BCUT2D eigenvalue weighted by molar-refractivity contribution is -0.150. The number of benzene rings is 1. The Balaban J connectivity index is 2.14. The number of hydrogen-bond acceptors (Lipinski definition) is 6. The van der Waals surface area contributed by atoms with E-state index in [1.807, 2.05) is 0 Å². The van der Waals surface area contributed by atoms with Crippen molar-refractivity contribution >= 4 is 5.97 Å². The number of nitrogens with zero attached hydrogens (tertiary/aromatic N) is 1. The van der Waals surface area contributed by atoms with Crippen LogP contribution < -0.4 is 9.47 Å². The fourth-order valence-corrected chi connectivity index (χ4v) is 2.37. The van der Waals surface area contributed by atoms with Gasteiger partial charge in [0.2, 0.25) is 0 Å². The first kappa shape index (κ1) is 15.6. The summed E-state index contributed by atoms with van der Waals surface area (Å²) in [5.41, 5.74) is 0.412. The van der Waals surface area contributed by atoms with Crippen LogP contribution >= 0.6 is 0 Å². The second-order valence-electron chi connectivity index (χ2n) is 5.13. The van der Waals surface area contributed by atoms with Gasteiger partial charge in [-0.25, -0.2) is 4.79 Å². The Morgan fingerprint density at radius 1 is 1.38 bits per heavy atom. The molecule has 6 heteroatoms. The van der Waals surface area contributed by atoms with Crippen molar-refractivity contribution in [3.63, 3.8) is 0 Å². The monoisotopic (exact) mass is 295 g/mol. The minimum absolute atomic E-state index is 0.125. The Hall–Kier alpha value is -1.79. The van der Waals surface area contributed by atoms with E-state index < -0.39 is 12.1 Å².